The van der Waals surface area contributed by atoms with Gasteiger partial charge >= 0.3 is 6.18 Å². The minimum Gasteiger partial charge on any atom is -0.166 e. The minimum atomic E-state index is -4.30. The lowest BCUT2D eigenvalue weighted by Gasteiger charge is -2.37. The molecular weight excluding hydrogens is 313 g/mol. The van der Waals surface area contributed by atoms with Gasteiger partial charge in [0.05, 0.1) is 5.56 Å². The van der Waals surface area contributed by atoms with E-state index in [-0.39, 0.29) is 0 Å². The Morgan fingerprint density at radius 3 is 1.91 bits per heavy atom. The van der Waals surface area contributed by atoms with E-state index < -0.39 is 19.8 Å². The summed E-state index contributed by atoms with van der Waals surface area (Å²) in [5.41, 5.74) is 2.11. The first-order chi connectivity index (χ1) is 10.7. The van der Waals surface area contributed by atoms with Crippen LogP contribution < -0.4 is 10.4 Å². The van der Waals surface area contributed by atoms with Crippen molar-refractivity contribution in [1.29, 1.82) is 0 Å². The maximum Gasteiger partial charge on any atom is 0.416 e. The van der Waals surface area contributed by atoms with Crippen LogP contribution in [0.5, 0.6) is 0 Å². The van der Waals surface area contributed by atoms with Crippen LogP contribution in [0.15, 0.2) is 42.5 Å². The zero-order chi connectivity index (χ0) is 17.0. The Morgan fingerprint density at radius 1 is 0.783 bits per heavy atom. The van der Waals surface area contributed by atoms with E-state index in [4.69, 9.17) is 0 Å². The fourth-order valence-electron chi connectivity index (χ4n) is 4.44. The van der Waals surface area contributed by atoms with Gasteiger partial charge in [-0.25, -0.2) is 0 Å². The number of fused-ring (bicyclic) bond motifs is 3. The molecular formula is C19H21F3Si. The second-order valence-electron chi connectivity index (χ2n) is 6.98. The fourth-order valence-corrected chi connectivity index (χ4v) is 10.6. The molecule has 0 saturated heterocycles. The van der Waals surface area contributed by atoms with Gasteiger partial charge in [0.2, 0.25) is 0 Å². The largest absolute Gasteiger partial charge is 0.416 e. The molecule has 1 heterocycles. The third-order valence-corrected chi connectivity index (χ3v) is 11.6. The average molecular weight is 334 g/mol. The maximum atomic E-state index is 13.2. The van der Waals surface area contributed by atoms with Crippen LogP contribution in [0.2, 0.25) is 11.1 Å². The van der Waals surface area contributed by atoms with Crippen LogP contribution in [-0.4, -0.2) is 8.07 Å². The van der Waals surface area contributed by atoms with Crippen molar-refractivity contribution in [3.8, 4) is 11.1 Å². The van der Waals surface area contributed by atoms with Gasteiger partial charge in [0, 0.05) is 0 Å². The molecule has 0 aromatic heterocycles. The molecule has 0 spiro atoms. The third-order valence-electron chi connectivity index (χ3n) is 5.28. The van der Waals surface area contributed by atoms with Crippen LogP contribution >= 0.6 is 0 Å². The van der Waals surface area contributed by atoms with Gasteiger partial charge in [0.15, 0.2) is 0 Å². The van der Waals surface area contributed by atoms with Gasteiger partial charge in [-0.05, 0) is 38.6 Å². The predicted molar refractivity (Wildman–Crippen MR) is 92.1 cm³/mol. The van der Waals surface area contributed by atoms with Crippen molar-refractivity contribution < 1.29 is 13.2 Å². The summed E-state index contributed by atoms with van der Waals surface area (Å²) >= 11 is 0. The molecule has 0 N–H and O–H groups in total. The fraction of sp³-hybridized carbons (Fsp3) is 0.368. The summed E-state index contributed by atoms with van der Waals surface area (Å²) in [5.74, 6) is 0. The predicted octanol–water partition coefficient (Wildman–Crippen LogP) is 5.07. The van der Waals surface area contributed by atoms with Crippen molar-refractivity contribution >= 4 is 18.4 Å². The van der Waals surface area contributed by atoms with Crippen molar-refractivity contribution in [1.82, 2.24) is 0 Å². The highest BCUT2D eigenvalue weighted by atomic mass is 28.3. The zero-order valence-electron chi connectivity index (χ0n) is 13.8. The lowest BCUT2D eigenvalue weighted by molar-refractivity contribution is -0.137. The SMILES string of the molecule is CC(C)[Si]1(C(C)C)c2ccccc2-c2cc(C(F)(F)F)ccc21. The minimum absolute atomic E-state index is 0.432. The van der Waals surface area contributed by atoms with E-state index in [1.54, 1.807) is 6.07 Å². The van der Waals surface area contributed by atoms with Gasteiger partial charge in [-0.3, -0.25) is 0 Å². The van der Waals surface area contributed by atoms with E-state index in [1.807, 2.05) is 18.2 Å². The van der Waals surface area contributed by atoms with Gasteiger partial charge in [-0.1, -0.05) is 64.1 Å². The monoisotopic (exact) mass is 334 g/mol. The molecule has 0 aliphatic carbocycles. The van der Waals surface area contributed by atoms with Gasteiger partial charge in [-0.15, -0.1) is 0 Å². The molecule has 23 heavy (non-hydrogen) atoms. The van der Waals surface area contributed by atoms with Crippen molar-refractivity contribution in [2.75, 3.05) is 0 Å². The Hall–Kier alpha value is -1.55. The Bertz CT molecular complexity index is 737. The Balaban J connectivity index is 2.37. The van der Waals surface area contributed by atoms with Crippen molar-refractivity contribution in [2.24, 2.45) is 0 Å². The molecule has 2 aromatic rings. The lowest BCUT2D eigenvalue weighted by atomic mass is 10.0. The highest BCUT2D eigenvalue weighted by Crippen LogP contribution is 2.42. The molecule has 1 aliphatic rings. The molecule has 122 valence electrons. The topological polar surface area (TPSA) is 0 Å². The van der Waals surface area contributed by atoms with E-state index in [0.29, 0.717) is 11.1 Å². The van der Waals surface area contributed by atoms with Crippen LogP contribution in [0.3, 0.4) is 0 Å². The molecule has 4 heteroatoms. The number of benzene rings is 2. The van der Waals surface area contributed by atoms with Crippen LogP contribution in [-0.2, 0) is 6.18 Å². The number of rotatable bonds is 2. The van der Waals surface area contributed by atoms with E-state index in [2.05, 4.69) is 33.8 Å². The summed E-state index contributed by atoms with van der Waals surface area (Å²) in [6.07, 6.45) is -4.30. The molecule has 0 atom stereocenters. The molecule has 0 bridgehead atoms. The van der Waals surface area contributed by atoms with Gasteiger partial charge in [-0.2, -0.15) is 13.2 Å². The number of alkyl halides is 3. The molecule has 0 amide bonds. The number of hydrogen-bond donors (Lipinski definition) is 0. The molecule has 0 radical (unpaired) electrons. The highest BCUT2D eigenvalue weighted by molar-refractivity contribution is 7.07. The van der Waals surface area contributed by atoms with Crippen LogP contribution in [0.1, 0.15) is 33.3 Å². The van der Waals surface area contributed by atoms with Gasteiger partial charge < -0.3 is 0 Å². The molecule has 0 fully saturated rings. The van der Waals surface area contributed by atoms with Crippen LogP contribution in [0.4, 0.5) is 13.2 Å². The highest BCUT2D eigenvalue weighted by Gasteiger charge is 2.50. The van der Waals surface area contributed by atoms with Crippen molar-refractivity contribution in [3.63, 3.8) is 0 Å². The van der Waals surface area contributed by atoms with Gasteiger partial charge in [0.25, 0.3) is 0 Å². The maximum absolute atomic E-state index is 13.2. The van der Waals surface area contributed by atoms with E-state index in [9.17, 15) is 13.2 Å². The summed E-state index contributed by atoms with van der Waals surface area (Å²) < 4.78 is 39.5. The second kappa shape index (κ2) is 5.23. The van der Waals surface area contributed by atoms with Crippen molar-refractivity contribution in [3.05, 3.63) is 48.0 Å². The molecule has 3 rings (SSSR count). The molecule has 2 aromatic carbocycles. The zero-order valence-corrected chi connectivity index (χ0v) is 14.8. The standard InChI is InChI=1S/C19H21F3Si/c1-12(2)23(13(3)4)17-8-6-5-7-15(17)16-11-14(19(20,21)22)9-10-18(16)23/h5-13H,1-4H3. The Morgan fingerprint density at radius 2 is 1.35 bits per heavy atom. The number of hydrogen-bond acceptors (Lipinski definition) is 0. The van der Waals surface area contributed by atoms with E-state index in [1.165, 1.54) is 17.3 Å². The Kier molecular flexibility index (Phi) is 3.71. The third kappa shape index (κ3) is 2.18. The first-order valence-corrected chi connectivity index (χ1v) is 10.2. The van der Waals surface area contributed by atoms with Crippen molar-refractivity contribution in [2.45, 2.75) is 45.0 Å². The average Bonchev–Trinajstić information content (AvgIpc) is 2.77. The lowest BCUT2D eigenvalue weighted by Crippen LogP contribution is -2.60. The Labute approximate surface area is 136 Å². The molecule has 1 aliphatic heterocycles. The molecule has 0 nitrogen and oxygen atoms in total. The summed E-state index contributed by atoms with van der Waals surface area (Å²) in [5, 5.41) is 2.45. The van der Waals surface area contributed by atoms with Gasteiger partial charge in [0.1, 0.15) is 8.07 Å². The normalized spacial score (nSPS) is 15.9. The first-order valence-electron chi connectivity index (χ1n) is 8.02. The second-order valence-corrected chi connectivity index (χ2v) is 12.1. The number of halogens is 3. The molecule has 0 saturated carbocycles. The van der Waals surface area contributed by atoms with Crippen LogP contribution in [0, 0.1) is 0 Å². The smallest absolute Gasteiger partial charge is 0.166 e. The summed E-state index contributed by atoms with van der Waals surface area (Å²) in [6.45, 7) is 8.87. The summed E-state index contributed by atoms with van der Waals surface area (Å²) in [6, 6.07) is 12.4. The first kappa shape index (κ1) is 16.3. The van der Waals surface area contributed by atoms with E-state index in [0.717, 1.165) is 16.3 Å². The summed E-state index contributed by atoms with van der Waals surface area (Å²) in [7, 11) is -2.08. The quantitative estimate of drug-likeness (QED) is 0.673. The molecule has 0 unspecified atom stereocenters. The van der Waals surface area contributed by atoms with E-state index >= 15 is 0 Å². The van der Waals surface area contributed by atoms with Crippen LogP contribution in [0.25, 0.3) is 11.1 Å². The summed E-state index contributed by atoms with van der Waals surface area (Å²) in [4.78, 5) is 0.